The van der Waals surface area contributed by atoms with E-state index in [9.17, 15) is 23.2 Å². The third-order valence-corrected chi connectivity index (χ3v) is 7.28. The summed E-state index contributed by atoms with van der Waals surface area (Å²) in [5, 5.41) is 14.6. The van der Waals surface area contributed by atoms with Gasteiger partial charge in [0.2, 0.25) is 5.91 Å². The number of benzene rings is 3. The van der Waals surface area contributed by atoms with Gasteiger partial charge in [-0.2, -0.15) is 0 Å². The number of urea groups is 1. The van der Waals surface area contributed by atoms with Crippen LogP contribution in [0.4, 0.5) is 25.0 Å². The Morgan fingerprint density at radius 3 is 2.39 bits per heavy atom. The van der Waals surface area contributed by atoms with E-state index in [1.54, 1.807) is 34.1 Å². The van der Waals surface area contributed by atoms with Crippen LogP contribution in [0.15, 0.2) is 66.7 Å². The molecule has 1 aliphatic rings. The standard InChI is InChI=1S/C32H36F2N4O6/c1-22-5-3-4-6-26(22)35-31(42)36-27-12-7-23(19-28(27)43-2)20-29(39)38(16-15-37-14-13-32(33,34)21-37)17-18-44-25-10-8-24(9-11-25)30(40)41/h3-12,19H,13-18,20-21H2,1-2H3,(H,40,41)(H2,35,36,42). The Balaban J connectivity index is 1.39. The van der Waals surface area contributed by atoms with Crippen LogP contribution in [0.25, 0.3) is 0 Å². The Kier molecular flexibility index (Phi) is 10.7. The van der Waals surface area contributed by atoms with Gasteiger partial charge in [-0.25, -0.2) is 18.4 Å². The predicted molar refractivity (Wildman–Crippen MR) is 162 cm³/mol. The molecule has 0 aromatic heterocycles. The highest BCUT2D eigenvalue weighted by Crippen LogP contribution is 2.28. The summed E-state index contributed by atoms with van der Waals surface area (Å²) in [5.74, 6) is -3.20. The van der Waals surface area contributed by atoms with Crippen LogP contribution in [-0.2, 0) is 11.2 Å². The molecule has 0 radical (unpaired) electrons. The number of carboxylic acids is 1. The lowest BCUT2D eigenvalue weighted by molar-refractivity contribution is -0.131. The number of halogens is 2. The van der Waals surface area contributed by atoms with Gasteiger partial charge in [-0.05, 0) is 60.5 Å². The molecule has 4 rings (SSSR count). The van der Waals surface area contributed by atoms with Crippen LogP contribution in [0.2, 0.25) is 0 Å². The van der Waals surface area contributed by atoms with Crippen LogP contribution in [0, 0.1) is 6.92 Å². The van der Waals surface area contributed by atoms with Crippen molar-refractivity contribution in [1.29, 1.82) is 0 Å². The first-order chi connectivity index (χ1) is 21.0. The first-order valence-corrected chi connectivity index (χ1v) is 14.2. The van der Waals surface area contributed by atoms with Crippen molar-refractivity contribution in [2.45, 2.75) is 25.7 Å². The van der Waals surface area contributed by atoms with E-state index in [1.165, 1.54) is 31.4 Å². The summed E-state index contributed by atoms with van der Waals surface area (Å²) in [7, 11) is 1.46. The Morgan fingerprint density at radius 2 is 1.73 bits per heavy atom. The molecule has 1 heterocycles. The van der Waals surface area contributed by atoms with E-state index in [-0.39, 0.29) is 63.6 Å². The van der Waals surface area contributed by atoms with Gasteiger partial charge in [0.05, 0.1) is 37.9 Å². The van der Waals surface area contributed by atoms with Gasteiger partial charge in [-0.1, -0.05) is 24.3 Å². The minimum Gasteiger partial charge on any atom is -0.495 e. The molecule has 0 saturated carbocycles. The summed E-state index contributed by atoms with van der Waals surface area (Å²) in [6, 6.07) is 17.9. The first-order valence-electron chi connectivity index (χ1n) is 14.2. The molecule has 12 heteroatoms. The van der Waals surface area contributed by atoms with Crippen molar-refractivity contribution in [2.75, 3.05) is 57.1 Å². The van der Waals surface area contributed by atoms with Crippen molar-refractivity contribution < 1.29 is 37.7 Å². The Labute approximate surface area is 254 Å². The average molecular weight is 611 g/mol. The number of aromatic carboxylic acids is 1. The third kappa shape index (κ3) is 9.14. The van der Waals surface area contributed by atoms with E-state index in [2.05, 4.69) is 10.6 Å². The number of hydrogen-bond acceptors (Lipinski definition) is 6. The minimum atomic E-state index is -2.73. The molecule has 3 aromatic rings. The van der Waals surface area contributed by atoms with Crippen LogP contribution in [-0.4, -0.2) is 85.2 Å². The SMILES string of the molecule is COc1cc(CC(=O)N(CCOc2ccc(C(=O)O)cc2)CCN2CCC(F)(F)C2)ccc1NC(=O)Nc1ccccc1C. The number of aryl methyl sites for hydroxylation is 1. The highest BCUT2D eigenvalue weighted by atomic mass is 19.3. The monoisotopic (exact) mass is 610 g/mol. The number of carbonyl (C=O) groups excluding carboxylic acids is 2. The zero-order valence-corrected chi connectivity index (χ0v) is 24.6. The maximum atomic E-state index is 13.7. The van der Waals surface area contributed by atoms with Gasteiger partial charge >= 0.3 is 12.0 Å². The zero-order valence-electron chi connectivity index (χ0n) is 24.6. The van der Waals surface area contributed by atoms with Crippen molar-refractivity contribution in [3.8, 4) is 11.5 Å². The molecular weight excluding hydrogens is 574 g/mol. The zero-order chi connectivity index (χ0) is 31.7. The summed E-state index contributed by atoms with van der Waals surface area (Å²) in [6.45, 7) is 2.63. The quantitative estimate of drug-likeness (QED) is 0.245. The highest BCUT2D eigenvalue weighted by Gasteiger charge is 2.38. The van der Waals surface area contributed by atoms with Crippen molar-refractivity contribution in [2.24, 2.45) is 0 Å². The molecule has 0 atom stereocenters. The van der Waals surface area contributed by atoms with E-state index in [0.717, 1.165) is 5.56 Å². The molecule has 3 aromatic carbocycles. The molecule has 1 aliphatic heterocycles. The summed E-state index contributed by atoms with van der Waals surface area (Å²) < 4.78 is 38.6. The van der Waals surface area contributed by atoms with Crippen LogP contribution in [0.5, 0.6) is 11.5 Å². The molecule has 1 fully saturated rings. The number of carbonyl (C=O) groups is 3. The number of carboxylic acid groups (broad SMARTS) is 1. The normalized spacial score (nSPS) is 14.1. The number of alkyl halides is 2. The molecular formula is C32H36F2N4O6. The number of para-hydroxylation sites is 1. The molecule has 44 heavy (non-hydrogen) atoms. The second-order valence-corrected chi connectivity index (χ2v) is 10.5. The van der Waals surface area contributed by atoms with Crippen molar-refractivity contribution in [3.05, 3.63) is 83.4 Å². The lowest BCUT2D eigenvalue weighted by Gasteiger charge is -2.26. The van der Waals surface area contributed by atoms with Crippen LogP contribution >= 0.6 is 0 Å². The number of nitrogens with zero attached hydrogens (tertiary/aromatic N) is 2. The van der Waals surface area contributed by atoms with Gasteiger partial charge in [-0.3, -0.25) is 9.69 Å². The maximum Gasteiger partial charge on any atom is 0.335 e. The maximum absolute atomic E-state index is 13.7. The second-order valence-electron chi connectivity index (χ2n) is 10.5. The molecule has 0 bridgehead atoms. The van der Waals surface area contributed by atoms with Crippen LogP contribution in [0.3, 0.4) is 0 Å². The molecule has 1 saturated heterocycles. The van der Waals surface area contributed by atoms with E-state index in [1.807, 2.05) is 25.1 Å². The summed E-state index contributed by atoms with van der Waals surface area (Å²) in [4.78, 5) is 40.3. The molecule has 0 spiro atoms. The molecule has 234 valence electrons. The number of ether oxygens (including phenoxy) is 2. The van der Waals surface area contributed by atoms with Gasteiger partial charge in [-0.15, -0.1) is 0 Å². The molecule has 3 N–H and O–H groups in total. The number of anilines is 2. The van der Waals surface area contributed by atoms with Gasteiger partial charge in [0.25, 0.3) is 5.92 Å². The number of likely N-dealkylation sites (tertiary alicyclic amines) is 1. The molecule has 0 aliphatic carbocycles. The number of rotatable bonds is 13. The predicted octanol–water partition coefficient (Wildman–Crippen LogP) is 5.14. The highest BCUT2D eigenvalue weighted by molar-refractivity contribution is 6.01. The Bertz CT molecular complexity index is 1470. The fraction of sp³-hybridized carbons (Fsp3) is 0.344. The van der Waals surface area contributed by atoms with Gasteiger partial charge in [0.15, 0.2) is 0 Å². The molecule has 10 nitrogen and oxygen atoms in total. The molecule has 0 unspecified atom stereocenters. The Morgan fingerprint density at radius 1 is 1.00 bits per heavy atom. The van der Waals surface area contributed by atoms with Crippen LogP contribution < -0.4 is 20.1 Å². The van der Waals surface area contributed by atoms with Gasteiger partial charge in [0, 0.05) is 31.7 Å². The number of nitrogens with one attached hydrogen (secondary N) is 2. The minimum absolute atomic E-state index is 0.00944. The largest absolute Gasteiger partial charge is 0.495 e. The van der Waals surface area contributed by atoms with Crippen molar-refractivity contribution in [3.63, 3.8) is 0 Å². The summed E-state index contributed by atoms with van der Waals surface area (Å²) >= 11 is 0. The van der Waals surface area contributed by atoms with Crippen LogP contribution in [0.1, 0.15) is 27.9 Å². The van der Waals surface area contributed by atoms with Crippen molar-refractivity contribution in [1.82, 2.24) is 9.80 Å². The lowest BCUT2D eigenvalue weighted by atomic mass is 10.1. The van der Waals surface area contributed by atoms with E-state index >= 15 is 0 Å². The summed E-state index contributed by atoms with van der Waals surface area (Å²) in [5.41, 5.74) is 2.77. The Hall–Kier alpha value is -4.71. The fourth-order valence-corrected chi connectivity index (χ4v) is 4.81. The lowest BCUT2D eigenvalue weighted by Crippen LogP contribution is -2.41. The number of hydrogen-bond donors (Lipinski definition) is 3. The van der Waals surface area contributed by atoms with E-state index in [4.69, 9.17) is 14.6 Å². The van der Waals surface area contributed by atoms with Crippen molar-refractivity contribution >= 4 is 29.3 Å². The first kappa shape index (κ1) is 32.2. The second kappa shape index (κ2) is 14.6. The topological polar surface area (TPSA) is 120 Å². The molecule has 3 amide bonds. The number of amides is 3. The fourth-order valence-electron chi connectivity index (χ4n) is 4.81. The summed E-state index contributed by atoms with van der Waals surface area (Å²) in [6.07, 6.45) is -0.199. The average Bonchev–Trinajstić information content (AvgIpc) is 3.35. The van der Waals surface area contributed by atoms with E-state index < -0.39 is 17.9 Å². The smallest absolute Gasteiger partial charge is 0.335 e. The van der Waals surface area contributed by atoms with Gasteiger partial charge in [0.1, 0.15) is 18.1 Å². The van der Waals surface area contributed by atoms with E-state index in [0.29, 0.717) is 28.4 Å². The van der Waals surface area contributed by atoms with Gasteiger partial charge < -0.3 is 30.1 Å². The number of methoxy groups -OCH3 is 1. The third-order valence-electron chi connectivity index (χ3n) is 7.28.